The van der Waals surface area contributed by atoms with Crippen molar-refractivity contribution in [2.75, 3.05) is 19.6 Å². The van der Waals surface area contributed by atoms with Crippen LogP contribution in [0.2, 0.25) is 5.02 Å². The van der Waals surface area contributed by atoms with Crippen molar-refractivity contribution in [3.8, 4) is 0 Å². The molecule has 0 atom stereocenters. The SMILES string of the molecule is O=C(NCCc1cccc(Cl)c1)c1ccnc(C(=O)N2CCCCC2)c1. The highest BCUT2D eigenvalue weighted by Crippen LogP contribution is 2.13. The van der Waals surface area contributed by atoms with E-state index in [1.54, 1.807) is 12.1 Å². The Bertz CT molecular complexity index is 788. The van der Waals surface area contributed by atoms with E-state index >= 15 is 0 Å². The lowest BCUT2D eigenvalue weighted by molar-refractivity contribution is 0.0718. The van der Waals surface area contributed by atoms with Gasteiger partial charge in [0.05, 0.1) is 0 Å². The number of amides is 2. The Hall–Kier alpha value is -2.40. The maximum atomic E-state index is 12.5. The quantitative estimate of drug-likeness (QED) is 0.876. The second kappa shape index (κ2) is 8.81. The van der Waals surface area contributed by atoms with E-state index < -0.39 is 0 Å². The molecule has 1 aliphatic rings. The topological polar surface area (TPSA) is 62.3 Å². The number of aromatic nitrogens is 1. The molecule has 1 fully saturated rings. The zero-order valence-corrected chi connectivity index (χ0v) is 15.3. The third-order valence-electron chi connectivity index (χ3n) is 4.47. The molecular formula is C20H22ClN3O2. The fourth-order valence-electron chi connectivity index (χ4n) is 3.06. The van der Waals surface area contributed by atoms with Gasteiger partial charge in [0.25, 0.3) is 11.8 Å². The highest BCUT2D eigenvalue weighted by atomic mass is 35.5. The number of hydrogen-bond acceptors (Lipinski definition) is 3. The lowest BCUT2D eigenvalue weighted by atomic mass is 10.1. The molecule has 26 heavy (non-hydrogen) atoms. The fourth-order valence-corrected chi connectivity index (χ4v) is 3.28. The highest BCUT2D eigenvalue weighted by Gasteiger charge is 2.20. The maximum Gasteiger partial charge on any atom is 0.272 e. The van der Waals surface area contributed by atoms with E-state index in [0.29, 0.717) is 29.2 Å². The van der Waals surface area contributed by atoms with Crippen molar-refractivity contribution < 1.29 is 9.59 Å². The Balaban J connectivity index is 1.58. The molecule has 1 aromatic heterocycles. The van der Waals surface area contributed by atoms with Crippen LogP contribution in [0.3, 0.4) is 0 Å². The molecule has 1 N–H and O–H groups in total. The lowest BCUT2D eigenvalue weighted by Gasteiger charge is -2.26. The van der Waals surface area contributed by atoms with E-state index in [9.17, 15) is 9.59 Å². The van der Waals surface area contributed by atoms with Crippen LogP contribution in [-0.2, 0) is 6.42 Å². The Morgan fingerprint density at radius 3 is 2.69 bits per heavy atom. The van der Waals surface area contributed by atoms with Crippen molar-refractivity contribution in [3.05, 3.63) is 64.4 Å². The normalized spacial score (nSPS) is 14.1. The minimum Gasteiger partial charge on any atom is -0.352 e. The molecule has 0 spiro atoms. The molecule has 0 saturated carbocycles. The average molecular weight is 372 g/mol. The van der Waals surface area contributed by atoms with Gasteiger partial charge < -0.3 is 10.2 Å². The van der Waals surface area contributed by atoms with Gasteiger partial charge in [-0.15, -0.1) is 0 Å². The van der Waals surface area contributed by atoms with Crippen molar-refractivity contribution >= 4 is 23.4 Å². The molecule has 0 radical (unpaired) electrons. The fraction of sp³-hybridized carbons (Fsp3) is 0.350. The zero-order chi connectivity index (χ0) is 18.4. The highest BCUT2D eigenvalue weighted by molar-refractivity contribution is 6.30. The first-order valence-electron chi connectivity index (χ1n) is 8.91. The Kier molecular flexibility index (Phi) is 6.23. The predicted molar refractivity (Wildman–Crippen MR) is 101 cm³/mol. The minimum absolute atomic E-state index is 0.0988. The van der Waals surface area contributed by atoms with Crippen LogP contribution in [0.1, 0.15) is 45.7 Å². The molecule has 5 nitrogen and oxygen atoms in total. The first-order chi connectivity index (χ1) is 12.6. The van der Waals surface area contributed by atoms with Crippen LogP contribution in [0, 0.1) is 0 Å². The molecule has 2 amide bonds. The molecule has 0 bridgehead atoms. The van der Waals surface area contributed by atoms with E-state index in [2.05, 4.69) is 10.3 Å². The summed E-state index contributed by atoms with van der Waals surface area (Å²) in [6, 6.07) is 10.8. The van der Waals surface area contributed by atoms with Crippen LogP contribution in [0.25, 0.3) is 0 Å². The van der Waals surface area contributed by atoms with Crippen molar-refractivity contribution in [2.45, 2.75) is 25.7 Å². The van der Waals surface area contributed by atoms with Crippen molar-refractivity contribution in [1.29, 1.82) is 0 Å². The van der Waals surface area contributed by atoms with E-state index in [0.717, 1.165) is 37.9 Å². The third kappa shape index (κ3) is 4.82. The monoisotopic (exact) mass is 371 g/mol. The first kappa shape index (κ1) is 18.4. The number of carbonyl (C=O) groups excluding carboxylic acids is 2. The Labute approximate surface area is 158 Å². The minimum atomic E-state index is -0.206. The molecule has 1 saturated heterocycles. The van der Waals surface area contributed by atoms with Crippen LogP contribution in [-0.4, -0.2) is 41.3 Å². The summed E-state index contributed by atoms with van der Waals surface area (Å²) in [6.07, 6.45) is 5.41. The van der Waals surface area contributed by atoms with Crippen LogP contribution < -0.4 is 5.32 Å². The number of nitrogens with one attached hydrogen (secondary N) is 1. The molecule has 3 rings (SSSR count). The predicted octanol–water partition coefficient (Wildman–Crippen LogP) is 3.33. The number of halogens is 1. The summed E-state index contributed by atoms with van der Waals surface area (Å²) < 4.78 is 0. The largest absolute Gasteiger partial charge is 0.352 e. The standard InChI is InChI=1S/C20H22ClN3O2/c21-17-6-4-5-15(13-17)7-9-23-19(25)16-8-10-22-18(14-16)20(26)24-11-2-1-3-12-24/h4-6,8,10,13-14H,1-3,7,9,11-12H2,(H,23,25). The number of carbonyl (C=O) groups is 2. The van der Waals surface area contributed by atoms with Crippen LogP contribution in [0.5, 0.6) is 0 Å². The number of likely N-dealkylation sites (tertiary alicyclic amines) is 1. The molecule has 1 aromatic carbocycles. The summed E-state index contributed by atoms with van der Waals surface area (Å²) in [6.45, 7) is 2.02. The molecule has 0 unspecified atom stereocenters. The second-order valence-corrected chi connectivity index (χ2v) is 6.85. The number of pyridine rings is 1. The molecule has 0 aliphatic carbocycles. The Morgan fingerprint density at radius 2 is 1.92 bits per heavy atom. The van der Waals surface area contributed by atoms with Gasteiger partial charge in [0.1, 0.15) is 5.69 Å². The lowest BCUT2D eigenvalue weighted by Crippen LogP contribution is -2.36. The molecule has 6 heteroatoms. The summed E-state index contributed by atoms with van der Waals surface area (Å²) in [7, 11) is 0. The van der Waals surface area contributed by atoms with Crippen molar-refractivity contribution in [3.63, 3.8) is 0 Å². The van der Waals surface area contributed by atoms with Crippen molar-refractivity contribution in [2.24, 2.45) is 0 Å². The maximum absolute atomic E-state index is 12.5. The molecule has 1 aliphatic heterocycles. The van der Waals surface area contributed by atoms with Crippen LogP contribution >= 0.6 is 11.6 Å². The number of benzene rings is 1. The van der Waals surface area contributed by atoms with Gasteiger partial charge >= 0.3 is 0 Å². The van der Waals surface area contributed by atoms with Gasteiger partial charge in [-0.3, -0.25) is 14.6 Å². The van der Waals surface area contributed by atoms with Gasteiger partial charge in [0, 0.05) is 36.4 Å². The van der Waals surface area contributed by atoms with Crippen molar-refractivity contribution in [1.82, 2.24) is 15.2 Å². The van der Waals surface area contributed by atoms with E-state index in [1.165, 1.54) is 6.20 Å². The molecule has 2 heterocycles. The molecule has 2 aromatic rings. The van der Waals surface area contributed by atoms with Crippen LogP contribution in [0.15, 0.2) is 42.6 Å². The number of rotatable bonds is 5. The van der Waals surface area contributed by atoms with E-state index in [4.69, 9.17) is 11.6 Å². The first-order valence-corrected chi connectivity index (χ1v) is 9.29. The number of piperidine rings is 1. The zero-order valence-electron chi connectivity index (χ0n) is 14.6. The number of nitrogens with zero attached hydrogens (tertiary/aromatic N) is 2. The molecular weight excluding hydrogens is 350 g/mol. The summed E-state index contributed by atoms with van der Waals surface area (Å²) >= 11 is 5.96. The van der Waals surface area contributed by atoms with Crippen LogP contribution in [0.4, 0.5) is 0 Å². The summed E-state index contributed by atoms with van der Waals surface area (Å²) in [5.74, 6) is -0.305. The smallest absolute Gasteiger partial charge is 0.272 e. The summed E-state index contributed by atoms with van der Waals surface area (Å²) in [4.78, 5) is 30.8. The van der Waals surface area contributed by atoms with Gasteiger partial charge in [0.2, 0.25) is 0 Å². The van der Waals surface area contributed by atoms with Gasteiger partial charge in [-0.05, 0) is 55.5 Å². The van der Waals surface area contributed by atoms with Gasteiger partial charge in [-0.2, -0.15) is 0 Å². The summed E-state index contributed by atoms with van der Waals surface area (Å²) in [5.41, 5.74) is 1.84. The van der Waals surface area contributed by atoms with Gasteiger partial charge in [0.15, 0.2) is 0 Å². The molecule has 136 valence electrons. The third-order valence-corrected chi connectivity index (χ3v) is 4.71. The second-order valence-electron chi connectivity index (χ2n) is 6.42. The van der Waals surface area contributed by atoms with Gasteiger partial charge in [-0.25, -0.2) is 0 Å². The summed E-state index contributed by atoms with van der Waals surface area (Å²) in [5, 5.41) is 3.56. The van der Waals surface area contributed by atoms with E-state index in [-0.39, 0.29) is 11.8 Å². The average Bonchev–Trinajstić information content (AvgIpc) is 2.68. The van der Waals surface area contributed by atoms with Gasteiger partial charge in [-0.1, -0.05) is 23.7 Å². The Morgan fingerprint density at radius 1 is 1.12 bits per heavy atom. The number of hydrogen-bond donors (Lipinski definition) is 1. The van der Waals surface area contributed by atoms with E-state index in [1.807, 2.05) is 29.2 Å².